The molecule has 104 valence electrons. The summed E-state index contributed by atoms with van der Waals surface area (Å²) in [4.78, 5) is 16.7. The van der Waals surface area contributed by atoms with Crippen LogP contribution in [0.3, 0.4) is 0 Å². The van der Waals surface area contributed by atoms with Crippen LogP contribution in [0, 0.1) is 0 Å². The standard InChI is InChI=1S/C14H20N2O3/c17-13(14-2-1-7-19-14)11-15-4-3-12(10-15)16-5-8-18-9-6-16/h1-2,7,12H,3-6,8-11H2. The van der Waals surface area contributed by atoms with E-state index in [1.165, 1.54) is 0 Å². The van der Waals surface area contributed by atoms with Crippen LogP contribution in [0.15, 0.2) is 22.8 Å². The van der Waals surface area contributed by atoms with Gasteiger partial charge in [0.15, 0.2) is 5.76 Å². The summed E-state index contributed by atoms with van der Waals surface area (Å²) in [6.45, 7) is 6.15. The molecule has 0 spiro atoms. The highest BCUT2D eigenvalue weighted by molar-refractivity contribution is 5.95. The van der Waals surface area contributed by atoms with Gasteiger partial charge in [0.05, 0.1) is 26.0 Å². The lowest BCUT2D eigenvalue weighted by molar-refractivity contribution is 0.0185. The number of ketones is 1. The molecule has 5 nitrogen and oxygen atoms in total. The Balaban J connectivity index is 1.50. The van der Waals surface area contributed by atoms with Gasteiger partial charge in [0.1, 0.15) is 0 Å². The summed E-state index contributed by atoms with van der Waals surface area (Å²) in [5.74, 6) is 0.544. The van der Waals surface area contributed by atoms with E-state index in [0.29, 0.717) is 18.3 Å². The molecule has 2 fully saturated rings. The molecule has 1 unspecified atom stereocenters. The zero-order valence-corrected chi connectivity index (χ0v) is 11.1. The second-order valence-electron chi connectivity index (χ2n) is 5.23. The van der Waals surface area contributed by atoms with Gasteiger partial charge < -0.3 is 9.15 Å². The zero-order chi connectivity index (χ0) is 13.1. The van der Waals surface area contributed by atoms with E-state index >= 15 is 0 Å². The van der Waals surface area contributed by atoms with Gasteiger partial charge in [0, 0.05) is 32.2 Å². The number of furan rings is 1. The number of ether oxygens (including phenoxy) is 1. The Morgan fingerprint density at radius 2 is 2.16 bits per heavy atom. The molecule has 0 radical (unpaired) electrons. The average Bonchev–Trinajstić information content (AvgIpc) is 3.11. The normalized spacial score (nSPS) is 25.8. The molecule has 0 amide bonds. The van der Waals surface area contributed by atoms with E-state index in [4.69, 9.17) is 9.15 Å². The van der Waals surface area contributed by atoms with Gasteiger partial charge in [0.2, 0.25) is 5.78 Å². The number of carbonyl (C=O) groups is 1. The summed E-state index contributed by atoms with van der Waals surface area (Å²) < 4.78 is 10.5. The molecule has 2 aliphatic heterocycles. The van der Waals surface area contributed by atoms with Gasteiger partial charge in [-0.05, 0) is 18.6 Å². The fourth-order valence-corrected chi connectivity index (χ4v) is 2.91. The third kappa shape index (κ3) is 3.05. The number of morpholine rings is 1. The fourth-order valence-electron chi connectivity index (χ4n) is 2.91. The van der Waals surface area contributed by atoms with Crippen LogP contribution in [0.5, 0.6) is 0 Å². The Bertz CT molecular complexity index is 412. The first-order valence-electron chi connectivity index (χ1n) is 6.94. The predicted molar refractivity (Wildman–Crippen MR) is 70.3 cm³/mol. The van der Waals surface area contributed by atoms with Gasteiger partial charge >= 0.3 is 0 Å². The van der Waals surface area contributed by atoms with E-state index in [1.807, 2.05) is 0 Å². The van der Waals surface area contributed by atoms with Crippen LogP contribution in [0.25, 0.3) is 0 Å². The molecule has 2 saturated heterocycles. The highest BCUT2D eigenvalue weighted by atomic mass is 16.5. The van der Waals surface area contributed by atoms with Gasteiger partial charge in [-0.15, -0.1) is 0 Å². The van der Waals surface area contributed by atoms with Crippen molar-refractivity contribution < 1.29 is 13.9 Å². The molecule has 2 aliphatic rings. The lowest BCUT2D eigenvalue weighted by Gasteiger charge is -2.32. The quantitative estimate of drug-likeness (QED) is 0.755. The molecule has 0 bridgehead atoms. The van der Waals surface area contributed by atoms with Crippen LogP contribution < -0.4 is 0 Å². The molecule has 3 rings (SSSR count). The number of nitrogens with zero attached hydrogens (tertiary/aromatic N) is 2. The summed E-state index contributed by atoms with van der Waals surface area (Å²) in [6.07, 6.45) is 2.69. The molecule has 1 atom stereocenters. The van der Waals surface area contributed by atoms with Crippen molar-refractivity contribution in [3.8, 4) is 0 Å². The van der Waals surface area contributed by atoms with Crippen molar-refractivity contribution in [2.75, 3.05) is 45.9 Å². The highest BCUT2D eigenvalue weighted by Gasteiger charge is 2.29. The first-order valence-corrected chi connectivity index (χ1v) is 6.94. The van der Waals surface area contributed by atoms with Crippen molar-refractivity contribution in [1.82, 2.24) is 9.80 Å². The number of hydrogen-bond donors (Lipinski definition) is 0. The van der Waals surface area contributed by atoms with Gasteiger partial charge in [-0.25, -0.2) is 0 Å². The molecule has 0 saturated carbocycles. The molecule has 3 heterocycles. The Labute approximate surface area is 113 Å². The summed E-state index contributed by atoms with van der Waals surface area (Å²) in [7, 11) is 0. The molecule has 0 aromatic carbocycles. The van der Waals surface area contributed by atoms with E-state index in [-0.39, 0.29) is 5.78 Å². The van der Waals surface area contributed by atoms with Crippen LogP contribution >= 0.6 is 0 Å². The van der Waals surface area contributed by atoms with Crippen LogP contribution in [-0.2, 0) is 4.74 Å². The van der Waals surface area contributed by atoms with E-state index in [9.17, 15) is 4.79 Å². The van der Waals surface area contributed by atoms with Crippen LogP contribution in [0.2, 0.25) is 0 Å². The molecule has 0 aliphatic carbocycles. The molecule has 0 N–H and O–H groups in total. The third-order valence-corrected chi connectivity index (χ3v) is 3.97. The van der Waals surface area contributed by atoms with Crippen molar-refractivity contribution in [2.24, 2.45) is 0 Å². The Morgan fingerprint density at radius 1 is 1.32 bits per heavy atom. The van der Waals surface area contributed by atoms with Gasteiger partial charge in [0.25, 0.3) is 0 Å². The SMILES string of the molecule is O=C(CN1CCC(N2CCOCC2)C1)c1ccco1. The third-order valence-electron chi connectivity index (χ3n) is 3.97. The van der Waals surface area contributed by atoms with Crippen molar-refractivity contribution in [3.63, 3.8) is 0 Å². The van der Waals surface area contributed by atoms with E-state index in [1.54, 1.807) is 18.4 Å². The number of Topliss-reactive ketones (excluding diaryl/α,β-unsaturated/α-hetero) is 1. The summed E-state index contributed by atoms with van der Waals surface area (Å²) in [6, 6.07) is 4.07. The predicted octanol–water partition coefficient (Wildman–Crippen LogP) is 0.869. The second kappa shape index (κ2) is 5.86. The van der Waals surface area contributed by atoms with Crippen LogP contribution in [-0.4, -0.2) is 67.6 Å². The van der Waals surface area contributed by atoms with E-state index < -0.39 is 0 Å². The number of rotatable bonds is 4. The van der Waals surface area contributed by atoms with E-state index in [2.05, 4.69) is 9.80 Å². The average molecular weight is 264 g/mol. The maximum Gasteiger partial charge on any atom is 0.211 e. The molecule has 1 aromatic rings. The van der Waals surface area contributed by atoms with Crippen LogP contribution in [0.4, 0.5) is 0 Å². The topological polar surface area (TPSA) is 45.9 Å². The zero-order valence-electron chi connectivity index (χ0n) is 11.1. The summed E-state index contributed by atoms with van der Waals surface area (Å²) >= 11 is 0. The van der Waals surface area contributed by atoms with Crippen LogP contribution in [0.1, 0.15) is 17.0 Å². The minimum atomic E-state index is 0.0765. The Hall–Kier alpha value is -1.17. The fraction of sp³-hybridized carbons (Fsp3) is 0.643. The molecular formula is C14H20N2O3. The first kappa shape index (κ1) is 12.8. The minimum absolute atomic E-state index is 0.0765. The van der Waals surface area contributed by atoms with E-state index in [0.717, 1.165) is 45.8 Å². The van der Waals surface area contributed by atoms with Gasteiger partial charge in [-0.2, -0.15) is 0 Å². The molecular weight excluding hydrogens is 244 g/mol. The molecule has 19 heavy (non-hydrogen) atoms. The number of carbonyl (C=O) groups excluding carboxylic acids is 1. The smallest absolute Gasteiger partial charge is 0.211 e. The maximum absolute atomic E-state index is 12.0. The van der Waals surface area contributed by atoms with Gasteiger partial charge in [-0.1, -0.05) is 0 Å². The highest BCUT2D eigenvalue weighted by Crippen LogP contribution is 2.17. The largest absolute Gasteiger partial charge is 0.461 e. The first-order chi connectivity index (χ1) is 9.33. The lowest BCUT2D eigenvalue weighted by atomic mass is 10.2. The van der Waals surface area contributed by atoms with Gasteiger partial charge in [-0.3, -0.25) is 14.6 Å². The summed E-state index contributed by atoms with van der Waals surface area (Å²) in [5.41, 5.74) is 0. The molecule has 1 aromatic heterocycles. The van der Waals surface area contributed by atoms with Crippen molar-refractivity contribution in [3.05, 3.63) is 24.2 Å². The van der Waals surface area contributed by atoms with Crippen molar-refractivity contribution in [2.45, 2.75) is 12.5 Å². The van der Waals surface area contributed by atoms with Crippen molar-refractivity contribution >= 4 is 5.78 Å². The lowest BCUT2D eigenvalue weighted by Crippen LogP contribution is -2.45. The second-order valence-corrected chi connectivity index (χ2v) is 5.23. The number of likely N-dealkylation sites (tertiary alicyclic amines) is 1. The monoisotopic (exact) mass is 264 g/mol. The summed E-state index contributed by atoms with van der Waals surface area (Å²) in [5, 5.41) is 0. The minimum Gasteiger partial charge on any atom is -0.461 e. The van der Waals surface area contributed by atoms with Crippen molar-refractivity contribution in [1.29, 1.82) is 0 Å². The maximum atomic E-state index is 12.0. The Kier molecular flexibility index (Phi) is 3.96. The number of hydrogen-bond acceptors (Lipinski definition) is 5. The Morgan fingerprint density at radius 3 is 2.89 bits per heavy atom. The molecule has 5 heteroatoms.